The van der Waals surface area contributed by atoms with Crippen LogP contribution >= 0.6 is 11.6 Å². The highest BCUT2D eigenvalue weighted by Gasteiger charge is 2.56. The monoisotopic (exact) mass is 529 g/mol. The van der Waals surface area contributed by atoms with Gasteiger partial charge in [-0.3, -0.25) is 24.1 Å². The molecule has 38 heavy (non-hydrogen) atoms. The van der Waals surface area contributed by atoms with Gasteiger partial charge in [0, 0.05) is 39.3 Å². The van der Waals surface area contributed by atoms with E-state index in [0.29, 0.717) is 45.2 Å². The highest BCUT2D eigenvalue weighted by molar-refractivity contribution is 6.31. The van der Waals surface area contributed by atoms with Gasteiger partial charge >= 0.3 is 0 Å². The Morgan fingerprint density at radius 3 is 2.42 bits per heavy atom. The Morgan fingerprint density at radius 1 is 1.00 bits per heavy atom. The van der Waals surface area contributed by atoms with E-state index < -0.39 is 23.7 Å². The van der Waals surface area contributed by atoms with Crippen LogP contribution < -0.4 is 9.64 Å². The Balaban J connectivity index is 1.49. The lowest BCUT2D eigenvalue weighted by Gasteiger charge is -2.42. The maximum absolute atomic E-state index is 13.8. The molecular weight excluding hydrogens is 506 g/mol. The quantitative estimate of drug-likeness (QED) is 0.352. The first-order valence-electron chi connectivity index (χ1n) is 12.4. The zero-order valence-corrected chi connectivity index (χ0v) is 21.5. The molecule has 2 amide bonds. The summed E-state index contributed by atoms with van der Waals surface area (Å²) in [6.07, 6.45) is 3.75. The third-order valence-electron chi connectivity index (χ3n) is 8.20. The minimum Gasteiger partial charge on any atom is -0.507 e. The second-order valence-corrected chi connectivity index (χ2v) is 10.6. The number of ketones is 2. The van der Waals surface area contributed by atoms with Crippen molar-refractivity contribution in [1.29, 1.82) is 0 Å². The average molecular weight is 530 g/mol. The first-order valence-corrected chi connectivity index (χ1v) is 12.8. The van der Waals surface area contributed by atoms with Gasteiger partial charge in [0.05, 0.1) is 24.6 Å². The normalized spacial score (nSPS) is 26.6. The molecule has 0 bridgehead atoms. The smallest absolute Gasteiger partial charge is 0.238 e. The number of phenolic OH excluding ortho intramolecular Hbond substituents is 1. The van der Waals surface area contributed by atoms with Crippen LogP contribution in [0.3, 0.4) is 0 Å². The molecule has 1 fully saturated rings. The maximum atomic E-state index is 13.8. The van der Waals surface area contributed by atoms with Gasteiger partial charge in [-0.1, -0.05) is 29.3 Å². The van der Waals surface area contributed by atoms with Gasteiger partial charge in [-0.25, -0.2) is 0 Å². The predicted molar refractivity (Wildman–Crippen MR) is 140 cm³/mol. The molecule has 4 atom stereocenters. The molecule has 1 heterocycles. The van der Waals surface area contributed by atoms with E-state index in [1.807, 2.05) is 6.08 Å². The molecule has 3 aliphatic carbocycles. The van der Waals surface area contributed by atoms with Gasteiger partial charge in [-0.2, -0.15) is 0 Å². The zero-order chi connectivity index (χ0) is 26.9. The molecule has 2 aromatic rings. The Labute approximate surface area is 224 Å². The number of hydrogen-bond acceptors (Lipinski definition) is 6. The highest BCUT2D eigenvalue weighted by Crippen LogP contribution is 2.56. The predicted octanol–water partition coefficient (Wildman–Crippen LogP) is 4.69. The summed E-state index contributed by atoms with van der Waals surface area (Å²) in [4.78, 5) is 55.2. The van der Waals surface area contributed by atoms with Crippen molar-refractivity contribution in [2.24, 2.45) is 17.8 Å². The van der Waals surface area contributed by atoms with E-state index in [4.69, 9.17) is 16.3 Å². The SMILES string of the molecule is COc1ccc(C2C3=CCC4C(=O)N(c5ccc(Cl)cc5)C(=O)C4C3CC3=C2C(=O)C(C)=CC3=O)c(O)c1. The highest BCUT2D eigenvalue weighted by atomic mass is 35.5. The van der Waals surface area contributed by atoms with Gasteiger partial charge in [-0.15, -0.1) is 0 Å². The van der Waals surface area contributed by atoms with E-state index in [2.05, 4.69) is 0 Å². The summed E-state index contributed by atoms with van der Waals surface area (Å²) in [5.41, 5.74) is 2.69. The van der Waals surface area contributed by atoms with Crippen LogP contribution in [0.5, 0.6) is 11.5 Å². The lowest BCUT2D eigenvalue weighted by Crippen LogP contribution is -2.39. The van der Waals surface area contributed by atoms with Crippen molar-refractivity contribution in [3.63, 3.8) is 0 Å². The van der Waals surface area contributed by atoms with E-state index in [0.717, 1.165) is 5.57 Å². The van der Waals surface area contributed by atoms with Crippen LogP contribution in [0.2, 0.25) is 5.02 Å². The van der Waals surface area contributed by atoms with Crippen LogP contribution in [0.25, 0.3) is 0 Å². The summed E-state index contributed by atoms with van der Waals surface area (Å²) < 4.78 is 5.24. The summed E-state index contributed by atoms with van der Waals surface area (Å²) in [5.74, 6) is -3.24. The molecule has 0 aromatic heterocycles. The number of nitrogens with zero attached hydrogens (tertiary/aromatic N) is 1. The molecule has 0 spiro atoms. The number of Topliss-reactive ketones (excluding diaryl/α,β-unsaturated/α-hetero) is 1. The summed E-state index contributed by atoms with van der Waals surface area (Å²) in [7, 11) is 1.49. The first-order chi connectivity index (χ1) is 18.2. The number of allylic oxidation sites excluding steroid dienone is 6. The third-order valence-corrected chi connectivity index (χ3v) is 8.45. The lowest BCUT2D eigenvalue weighted by atomic mass is 9.59. The summed E-state index contributed by atoms with van der Waals surface area (Å²) in [5, 5.41) is 11.5. The number of ether oxygens (including phenoxy) is 1. The Morgan fingerprint density at radius 2 is 1.74 bits per heavy atom. The van der Waals surface area contributed by atoms with Crippen LogP contribution in [0, 0.1) is 17.8 Å². The van der Waals surface area contributed by atoms with E-state index >= 15 is 0 Å². The minimum atomic E-state index is -0.719. The fourth-order valence-corrected chi connectivity index (χ4v) is 6.58. The number of amides is 2. The van der Waals surface area contributed by atoms with Crippen LogP contribution in [0.4, 0.5) is 5.69 Å². The van der Waals surface area contributed by atoms with Crippen molar-refractivity contribution >= 4 is 40.7 Å². The maximum Gasteiger partial charge on any atom is 0.238 e. The van der Waals surface area contributed by atoms with Gasteiger partial charge < -0.3 is 9.84 Å². The van der Waals surface area contributed by atoms with E-state index in [9.17, 15) is 24.3 Å². The molecule has 0 radical (unpaired) electrons. The molecule has 7 nitrogen and oxygen atoms in total. The van der Waals surface area contributed by atoms with Gasteiger partial charge in [0.25, 0.3) is 0 Å². The topological polar surface area (TPSA) is 101 Å². The van der Waals surface area contributed by atoms with Crippen molar-refractivity contribution in [2.75, 3.05) is 12.0 Å². The number of methoxy groups -OCH3 is 1. The summed E-state index contributed by atoms with van der Waals surface area (Å²) in [6.45, 7) is 1.61. The molecule has 1 N–H and O–H groups in total. The Kier molecular flexibility index (Phi) is 5.65. The number of aromatic hydroxyl groups is 1. The summed E-state index contributed by atoms with van der Waals surface area (Å²) >= 11 is 6.02. The standard InChI is InChI=1S/C30H24ClNO6/c1-14-11-23(33)22-13-21-18(25(27(22)28(14)35)19-8-7-17(38-2)12-24(19)34)9-10-20-26(21)30(37)32(29(20)36)16-5-3-15(31)4-6-16/h3-9,11-12,20-21,25-26,34H,10,13H2,1-2H3. The molecular formula is C30H24ClNO6. The Bertz CT molecular complexity index is 1530. The fourth-order valence-electron chi connectivity index (χ4n) is 6.46. The zero-order valence-electron chi connectivity index (χ0n) is 20.7. The first kappa shape index (κ1) is 24.4. The van der Waals surface area contributed by atoms with Crippen LogP contribution in [0.15, 0.2) is 76.9 Å². The van der Waals surface area contributed by atoms with Crippen molar-refractivity contribution in [1.82, 2.24) is 0 Å². The van der Waals surface area contributed by atoms with Crippen molar-refractivity contribution in [3.8, 4) is 11.5 Å². The lowest BCUT2D eigenvalue weighted by molar-refractivity contribution is -0.123. The van der Waals surface area contributed by atoms with Crippen LogP contribution in [0.1, 0.15) is 31.2 Å². The van der Waals surface area contributed by atoms with E-state index in [1.165, 1.54) is 24.2 Å². The number of carbonyl (C=O) groups excluding carboxylic acids is 4. The number of carbonyl (C=O) groups is 4. The number of rotatable bonds is 3. The van der Waals surface area contributed by atoms with E-state index in [-0.39, 0.29) is 35.6 Å². The van der Waals surface area contributed by atoms with Gasteiger partial charge in [0.2, 0.25) is 11.8 Å². The number of hydrogen-bond donors (Lipinski definition) is 1. The molecule has 8 heteroatoms. The van der Waals surface area contributed by atoms with Crippen molar-refractivity contribution < 1.29 is 29.0 Å². The number of anilines is 1. The minimum absolute atomic E-state index is 0.0751. The van der Waals surface area contributed by atoms with E-state index in [1.54, 1.807) is 43.3 Å². The fraction of sp³-hybridized carbons (Fsp3) is 0.267. The second kappa shape index (κ2) is 8.81. The van der Waals surface area contributed by atoms with Crippen LogP contribution in [-0.2, 0) is 19.2 Å². The number of phenols is 1. The third kappa shape index (κ3) is 3.49. The molecule has 192 valence electrons. The molecule has 1 aliphatic heterocycles. The molecule has 2 aromatic carbocycles. The summed E-state index contributed by atoms with van der Waals surface area (Å²) in [6, 6.07) is 11.4. The molecule has 1 saturated heterocycles. The number of benzene rings is 2. The number of halogens is 1. The van der Waals surface area contributed by atoms with Gasteiger partial charge in [0.15, 0.2) is 11.6 Å². The molecule has 4 aliphatic rings. The number of fused-ring (bicyclic) bond motifs is 3. The largest absolute Gasteiger partial charge is 0.507 e. The molecule has 4 unspecified atom stereocenters. The Hall–Kier alpha value is -3.97. The van der Waals surface area contributed by atoms with Gasteiger partial charge in [0.1, 0.15) is 11.5 Å². The van der Waals surface area contributed by atoms with Crippen LogP contribution in [-0.4, -0.2) is 35.6 Å². The van der Waals surface area contributed by atoms with Crippen molar-refractivity contribution in [2.45, 2.75) is 25.7 Å². The molecule has 0 saturated carbocycles. The number of imide groups is 1. The van der Waals surface area contributed by atoms with Crippen molar-refractivity contribution in [3.05, 3.63) is 87.5 Å². The molecule has 6 rings (SSSR count). The van der Waals surface area contributed by atoms with Gasteiger partial charge in [-0.05, 0) is 62.1 Å². The second-order valence-electron chi connectivity index (χ2n) is 10.1. The average Bonchev–Trinajstić information content (AvgIpc) is 3.16.